The van der Waals surface area contributed by atoms with Gasteiger partial charge in [0, 0.05) is 29.9 Å². The number of pyridine rings is 1. The number of benzene rings is 1. The van der Waals surface area contributed by atoms with Crippen LogP contribution in [-0.4, -0.2) is 44.9 Å². The molecule has 4 rings (SSSR count). The highest BCUT2D eigenvalue weighted by Gasteiger charge is 2.13. The van der Waals surface area contributed by atoms with Gasteiger partial charge in [0.1, 0.15) is 11.6 Å². The van der Waals surface area contributed by atoms with Crippen LogP contribution in [0.4, 0.5) is 5.69 Å². The fraction of sp³-hybridized carbons (Fsp3) is 0.261. The Morgan fingerprint density at radius 1 is 1.03 bits per heavy atom. The molecule has 0 atom stereocenters. The minimum absolute atomic E-state index is 0.0301. The number of rotatable bonds is 8. The van der Waals surface area contributed by atoms with E-state index in [1.54, 1.807) is 55.7 Å². The number of amides is 1. The monoisotopic (exact) mass is 448 g/mol. The highest BCUT2D eigenvalue weighted by Crippen LogP contribution is 2.36. The van der Waals surface area contributed by atoms with Crippen LogP contribution in [0.5, 0.6) is 23.0 Å². The summed E-state index contributed by atoms with van der Waals surface area (Å²) in [5, 5.41) is 7.75. The molecule has 0 saturated carbocycles. The van der Waals surface area contributed by atoms with Crippen LogP contribution in [0.2, 0.25) is 0 Å². The molecular weight excluding hydrogens is 424 g/mol. The molecular formula is C23H24N6O4. The number of methoxy groups -OCH3 is 2. The van der Waals surface area contributed by atoms with Crippen molar-refractivity contribution in [3.63, 3.8) is 0 Å². The van der Waals surface area contributed by atoms with Crippen molar-refractivity contribution < 1.29 is 19.0 Å². The largest absolute Gasteiger partial charge is 0.493 e. The lowest BCUT2D eigenvalue weighted by atomic mass is 10.2. The first-order valence-corrected chi connectivity index (χ1v) is 10.3. The Morgan fingerprint density at radius 3 is 2.42 bits per heavy atom. The number of anilines is 1. The van der Waals surface area contributed by atoms with E-state index in [2.05, 4.69) is 25.4 Å². The average Bonchev–Trinajstić information content (AvgIpc) is 3.28. The number of carbonyl (C=O) groups is 1. The van der Waals surface area contributed by atoms with E-state index in [9.17, 15) is 4.79 Å². The molecule has 10 nitrogen and oxygen atoms in total. The van der Waals surface area contributed by atoms with Crippen LogP contribution >= 0.6 is 0 Å². The Bertz CT molecular complexity index is 1270. The predicted octanol–water partition coefficient (Wildman–Crippen LogP) is 3.79. The van der Waals surface area contributed by atoms with Crippen molar-refractivity contribution >= 4 is 22.5 Å². The number of nitrogens with one attached hydrogen (secondary N) is 1. The van der Waals surface area contributed by atoms with E-state index in [0.717, 1.165) is 5.39 Å². The Kier molecular flexibility index (Phi) is 6.34. The molecule has 4 aromatic rings. The Hall–Kier alpha value is -4.21. The molecule has 3 heterocycles. The maximum Gasteiger partial charge on any atom is 0.232 e. The second-order valence-corrected chi connectivity index (χ2v) is 7.50. The SMILES string of the molecule is COc1cc2nccc(Oc3cnc(CC(=O)Nc4cnn(C(C)C)c4)nc3)c2cc1OC. The van der Waals surface area contributed by atoms with E-state index in [-0.39, 0.29) is 18.4 Å². The topological polar surface area (TPSA) is 113 Å². The highest BCUT2D eigenvalue weighted by molar-refractivity contribution is 5.91. The third-order valence-corrected chi connectivity index (χ3v) is 4.85. The van der Waals surface area contributed by atoms with E-state index >= 15 is 0 Å². The molecule has 0 unspecified atom stereocenters. The Morgan fingerprint density at radius 2 is 1.76 bits per heavy atom. The van der Waals surface area contributed by atoms with Gasteiger partial charge in [-0.15, -0.1) is 0 Å². The number of nitrogens with zero attached hydrogens (tertiary/aromatic N) is 5. The molecule has 1 N–H and O–H groups in total. The van der Waals surface area contributed by atoms with E-state index in [0.29, 0.717) is 40.0 Å². The molecule has 33 heavy (non-hydrogen) atoms. The van der Waals surface area contributed by atoms with Gasteiger partial charge in [-0.3, -0.25) is 14.5 Å². The first kappa shape index (κ1) is 22.0. The lowest BCUT2D eigenvalue weighted by Gasteiger charge is -2.12. The minimum Gasteiger partial charge on any atom is -0.493 e. The Labute approximate surface area is 190 Å². The van der Waals surface area contributed by atoms with Crippen molar-refractivity contribution in [2.45, 2.75) is 26.3 Å². The molecule has 0 bridgehead atoms. The Balaban J connectivity index is 1.45. The van der Waals surface area contributed by atoms with Gasteiger partial charge in [0.2, 0.25) is 5.91 Å². The molecule has 0 saturated heterocycles. The van der Waals surface area contributed by atoms with Crippen LogP contribution in [0.25, 0.3) is 10.9 Å². The first-order valence-electron chi connectivity index (χ1n) is 10.3. The van der Waals surface area contributed by atoms with Crippen LogP contribution in [0.1, 0.15) is 25.7 Å². The quantitative estimate of drug-likeness (QED) is 0.433. The van der Waals surface area contributed by atoms with Crippen LogP contribution in [0.3, 0.4) is 0 Å². The number of ether oxygens (including phenoxy) is 3. The van der Waals surface area contributed by atoms with Gasteiger partial charge in [0.15, 0.2) is 17.2 Å². The molecule has 0 aliphatic heterocycles. The average molecular weight is 448 g/mol. The predicted molar refractivity (Wildman–Crippen MR) is 122 cm³/mol. The van der Waals surface area contributed by atoms with Gasteiger partial charge in [-0.1, -0.05) is 0 Å². The lowest BCUT2D eigenvalue weighted by molar-refractivity contribution is -0.115. The maximum absolute atomic E-state index is 12.3. The van der Waals surface area contributed by atoms with Crippen LogP contribution in [0, 0.1) is 0 Å². The number of hydrogen-bond donors (Lipinski definition) is 1. The zero-order valence-electron chi connectivity index (χ0n) is 18.8. The van der Waals surface area contributed by atoms with Crippen molar-refractivity contribution in [3.05, 3.63) is 55.0 Å². The second kappa shape index (κ2) is 9.51. The van der Waals surface area contributed by atoms with Gasteiger partial charge in [-0.25, -0.2) is 9.97 Å². The molecule has 3 aromatic heterocycles. The van der Waals surface area contributed by atoms with E-state index in [1.165, 1.54) is 12.4 Å². The van der Waals surface area contributed by atoms with Gasteiger partial charge in [-0.2, -0.15) is 5.10 Å². The van der Waals surface area contributed by atoms with Crippen molar-refractivity contribution in [2.75, 3.05) is 19.5 Å². The second-order valence-electron chi connectivity index (χ2n) is 7.50. The van der Waals surface area contributed by atoms with Gasteiger partial charge in [0.25, 0.3) is 0 Å². The summed E-state index contributed by atoms with van der Waals surface area (Å²) in [6.45, 7) is 4.02. The number of hydrogen-bond acceptors (Lipinski definition) is 8. The fourth-order valence-electron chi connectivity index (χ4n) is 3.18. The van der Waals surface area contributed by atoms with E-state index in [1.807, 2.05) is 13.8 Å². The summed E-state index contributed by atoms with van der Waals surface area (Å²) >= 11 is 0. The zero-order chi connectivity index (χ0) is 23.4. The smallest absolute Gasteiger partial charge is 0.232 e. The van der Waals surface area contributed by atoms with Crippen LogP contribution in [0.15, 0.2) is 49.2 Å². The molecule has 10 heteroatoms. The van der Waals surface area contributed by atoms with Crippen molar-refractivity contribution in [3.8, 4) is 23.0 Å². The van der Waals surface area contributed by atoms with Crippen molar-refractivity contribution in [2.24, 2.45) is 0 Å². The standard InChI is InChI=1S/C23H24N6O4/c1-14(2)29-13-15(10-27-29)28-23(30)9-22-25-11-16(12-26-22)33-19-5-6-24-18-8-21(32-4)20(31-3)7-17(18)19/h5-8,10-14H,9H2,1-4H3,(H,28,30). The molecule has 0 fully saturated rings. The lowest BCUT2D eigenvalue weighted by Crippen LogP contribution is -2.15. The summed E-state index contributed by atoms with van der Waals surface area (Å²) in [5.74, 6) is 2.30. The summed E-state index contributed by atoms with van der Waals surface area (Å²) < 4.78 is 18.5. The maximum atomic E-state index is 12.3. The third-order valence-electron chi connectivity index (χ3n) is 4.85. The molecule has 1 amide bonds. The summed E-state index contributed by atoms with van der Waals surface area (Å²) in [4.78, 5) is 25.2. The first-order chi connectivity index (χ1) is 16.0. The molecule has 170 valence electrons. The molecule has 0 aliphatic carbocycles. The minimum atomic E-state index is -0.229. The third kappa shape index (κ3) is 5.00. The summed E-state index contributed by atoms with van der Waals surface area (Å²) in [6.07, 6.45) is 8.12. The normalized spacial score (nSPS) is 10.9. The van der Waals surface area contributed by atoms with E-state index in [4.69, 9.17) is 14.2 Å². The van der Waals surface area contributed by atoms with Gasteiger partial charge in [0.05, 0.1) is 50.4 Å². The molecule has 0 aliphatic rings. The van der Waals surface area contributed by atoms with Crippen LogP contribution < -0.4 is 19.5 Å². The summed E-state index contributed by atoms with van der Waals surface area (Å²) in [6, 6.07) is 5.54. The van der Waals surface area contributed by atoms with Gasteiger partial charge < -0.3 is 19.5 Å². The summed E-state index contributed by atoms with van der Waals surface area (Å²) in [5.41, 5.74) is 1.32. The van der Waals surface area contributed by atoms with Crippen LogP contribution in [-0.2, 0) is 11.2 Å². The summed E-state index contributed by atoms with van der Waals surface area (Å²) in [7, 11) is 3.14. The number of fused-ring (bicyclic) bond motifs is 1. The van der Waals surface area contributed by atoms with E-state index < -0.39 is 0 Å². The number of carbonyl (C=O) groups excluding carboxylic acids is 1. The molecule has 1 aromatic carbocycles. The zero-order valence-corrected chi connectivity index (χ0v) is 18.8. The van der Waals surface area contributed by atoms with Gasteiger partial charge in [-0.05, 0) is 26.0 Å². The number of aromatic nitrogens is 5. The van der Waals surface area contributed by atoms with Crippen molar-refractivity contribution in [1.82, 2.24) is 24.7 Å². The molecule has 0 radical (unpaired) electrons. The van der Waals surface area contributed by atoms with Crippen molar-refractivity contribution in [1.29, 1.82) is 0 Å². The highest BCUT2D eigenvalue weighted by atomic mass is 16.5. The fourth-order valence-corrected chi connectivity index (χ4v) is 3.18. The van der Waals surface area contributed by atoms with Gasteiger partial charge >= 0.3 is 0 Å². The molecule has 0 spiro atoms.